The molecule has 0 spiro atoms. The normalized spacial score (nSPS) is 16.7. The summed E-state index contributed by atoms with van der Waals surface area (Å²) in [6.45, 7) is 2.31. The van der Waals surface area contributed by atoms with Crippen molar-refractivity contribution >= 4 is 0 Å². The highest BCUT2D eigenvalue weighted by atomic mass is 15.3. The van der Waals surface area contributed by atoms with Crippen molar-refractivity contribution in [1.29, 1.82) is 0 Å². The van der Waals surface area contributed by atoms with E-state index in [1.807, 2.05) is 10.9 Å². The Balaban J connectivity index is 1.86. The molecule has 1 aromatic heterocycles. The Morgan fingerprint density at radius 1 is 1.21 bits per heavy atom. The molecule has 0 radical (unpaired) electrons. The summed E-state index contributed by atoms with van der Waals surface area (Å²) in [6.07, 6.45) is 5.70. The summed E-state index contributed by atoms with van der Waals surface area (Å²) < 4.78 is 2.05. The van der Waals surface area contributed by atoms with Crippen LogP contribution in [0.2, 0.25) is 0 Å². The van der Waals surface area contributed by atoms with E-state index < -0.39 is 0 Å². The number of aromatic nitrogens is 2. The zero-order chi connectivity index (χ0) is 13.1. The van der Waals surface area contributed by atoms with Gasteiger partial charge in [-0.05, 0) is 43.8 Å². The van der Waals surface area contributed by atoms with Crippen LogP contribution in [0.1, 0.15) is 18.5 Å². The topological polar surface area (TPSA) is 29.9 Å². The molecule has 0 saturated carbocycles. The molecular formula is C16H21N3. The summed E-state index contributed by atoms with van der Waals surface area (Å²) in [7, 11) is 2.06. The van der Waals surface area contributed by atoms with E-state index in [0.717, 1.165) is 25.4 Å². The fourth-order valence-electron chi connectivity index (χ4n) is 2.92. The van der Waals surface area contributed by atoms with E-state index in [1.54, 1.807) is 0 Å². The van der Waals surface area contributed by atoms with Gasteiger partial charge < -0.3 is 5.32 Å². The Labute approximate surface area is 114 Å². The van der Waals surface area contributed by atoms with Crippen molar-refractivity contribution in [3.8, 4) is 11.1 Å². The van der Waals surface area contributed by atoms with Crippen LogP contribution in [-0.2, 0) is 13.5 Å². The van der Waals surface area contributed by atoms with Crippen molar-refractivity contribution in [2.75, 3.05) is 13.1 Å². The number of nitrogens with one attached hydrogen (secondary N) is 1. The summed E-state index contributed by atoms with van der Waals surface area (Å²) >= 11 is 0. The average molecular weight is 255 g/mol. The van der Waals surface area contributed by atoms with Crippen LogP contribution < -0.4 is 5.32 Å². The highest BCUT2D eigenvalue weighted by molar-refractivity contribution is 5.65. The Bertz CT molecular complexity index is 524. The van der Waals surface area contributed by atoms with E-state index in [4.69, 9.17) is 0 Å². The minimum absolute atomic E-state index is 0.791. The first-order valence-electron chi connectivity index (χ1n) is 7.11. The maximum Gasteiger partial charge on any atom is 0.0571 e. The summed E-state index contributed by atoms with van der Waals surface area (Å²) in [4.78, 5) is 0. The molecule has 3 rings (SSSR count). The summed E-state index contributed by atoms with van der Waals surface area (Å²) in [5, 5.41) is 7.89. The van der Waals surface area contributed by atoms with Crippen molar-refractivity contribution in [1.82, 2.24) is 15.1 Å². The van der Waals surface area contributed by atoms with Gasteiger partial charge in [-0.3, -0.25) is 4.68 Å². The van der Waals surface area contributed by atoms with Crippen LogP contribution in [0.15, 0.2) is 36.5 Å². The van der Waals surface area contributed by atoms with E-state index in [-0.39, 0.29) is 0 Å². The van der Waals surface area contributed by atoms with Crippen LogP contribution in [0.25, 0.3) is 11.1 Å². The monoisotopic (exact) mass is 255 g/mol. The smallest absolute Gasteiger partial charge is 0.0571 e. The summed E-state index contributed by atoms with van der Waals surface area (Å²) in [6, 6.07) is 10.6. The Kier molecular flexibility index (Phi) is 3.65. The molecular weight excluding hydrogens is 234 g/mol. The van der Waals surface area contributed by atoms with Gasteiger partial charge in [0.05, 0.1) is 6.20 Å². The molecule has 1 aliphatic rings. The van der Waals surface area contributed by atoms with Crippen molar-refractivity contribution in [3.05, 3.63) is 42.2 Å². The molecule has 2 aromatic rings. The second kappa shape index (κ2) is 5.57. The van der Waals surface area contributed by atoms with E-state index in [1.165, 1.54) is 29.7 Å². The lowest BCUT2D eigenvalue weighted by Crippen LogP contribution is -2.29. The largest absolute Gasteiger partial charge is 0.317 e. The molecule has 3 nitrogen and oxygen atoms in total. The predicted octanol–water partition coefficient (Wildman–Crippen LogP) is 2.63. The molecule has 1 fully saturated rings. The van der Waals surface area contributed by atoms with Gasteiger partial charge in [-0.25, -0.2) is 0 Å². The van der Waals surface area contributed by atoms with Crippen LogP contribution in [0.5, 0.6) is 0 Å². The molecule has 1 N–H and O–H groups in total. The fourth-order valence-corrected chi connectivity index (χ4v) is 2.92. The SMILES string of the molecule is Cn1ncc(-c2ccccc2)c1CC1CCNCC1. The third kappa shape index (κ3) is 2.71. The van der Waals surface area contributed by atoms with Gasteiger partial charge in [-0.15, -0.1) is 0 Å². The molecule has 0 bridgehead atoms. The summed E-state index contributed by atoms with van der Waals surface area (Å²) in [5.41, 5.74) is 3.94. The number of hydrogen-bond acceptors (Lipinski definition) is 2. The Morgan fingerprint density at radius 2 is 1.95 bits per heavy atom. The second-order valence-electron chi connectivity index (χ2n) is 5.39. The second-order valence-corrected chi connectivity index (χ2v) is 5.39. The van der Waals surface area contributed by atoms with Gasteiger partial charge in [0.1, 0.15) is 0 Å². The molecule has 1 aromatic carbocycles. The lowest BCUT2D eigenvalue weighted by atomic mass is 9.91. The number of hydrogen-bond donors (Lipinski definition) is 1. The lowest BCUT2D eigenvalue weighted by molar-refractivity contribution is 0.366. The van der Waals surface area contributed by atoms with E-state index >= 15 is 0 Å². The molecule has 0 atom stereocenters. The van der Waals surface area contributed by atoms with Crippen molar-refractivity contribution in [2.24, 2.45) is 13.0 Å². The third-order valence-electron chi connectivity index (χ3n) is 4.09. The Hall–Kier alpha value is -1.61. The minimum atomic E-state index is 0.791. The minimum Gasteiger partial charge on any atom is -0.317 e. The number of benzene rings is 1. The molecule has 3 heteroatoms. The molecule has 1 saturated heterocycles. The first-order valence-corrected chi connectivity index (χ1v) is 7.11. The zero-order valence-electron chi connectivity index (χ0n) is 11.5. The van der Waals surface area contributed by atoms with Crippen LogP contribution >= 0.6 is 0 Å². The number of nitrogens with zero attached hydrogens (tertiary/aromatic N) is 2. The molecule has 0 aliphatic carbocycles. The first kappa shape index (κ1) is 12.4. The maximum absolute atomic E-state index is 4.46. The van der Waals surface area contributed by atoms with Gasteiger partial charge in [-0.1, -0.05) is 30.3 Å². The highest BCUT2D eigenvalue weighted by Gasteiger charge is 2.18. The standard InChI is InChI=1S/C16H21N3/c1-19-16(11-13-7-9-17-10-8-13)15(12-18-19)14-5-3-2-4-6-14/h2-6,12-13,17H,7-11H2,1H3. The number of aryl methyl sites for hydroxylation is 1. The first-order chi connectivity index (χ1) is 9.34. The van der Waals surface area contributed by atoms with Gasteiger partial charge in [-0.2, -0.15) is 5.10 Å². The van der Waals surface area contributed by atoms with Gasteiger partial charge in [0.15, 0.2) is 0 Å². The van der Waals surface area contributed by atoms with Crippen LogP contribution in [-0.4, -0.2) is 22.9 Å². The molecule has 0 amide bonds. The third-order valence-corrected chi connectivity index (χ3v) is 4.09. The molecule has 100 valence electrons. The zero-order valence-corrected chi connectivity index (χ0v) is 11.5. The summed E-state index contributed by atoms with van der Waals surface area (Å²) in [5.74, 6) is 0.791. The Morgan fingerprint density at radius 3 is 2.68 bits per heavy atom. The maximum atomic E-state index is 4.46. The van der Waals surface area contributed by atoms with E-state index in [2.05, 4.69) is 47.8 Å². The van der Waals surface area contributed by atoms with E-state index in [9.17, 15) is 0 Å². The predicted molar refractivity (Wildman–Crippen MR) is 77.9 cm³/mol. The fraction of sp³-hybridized carbons (Fsp3) is 0.438. The highest BCUT2D eigenvalue weighted by Crippen LogP contribution is 2.27. The molecule has 19 heavy (non-hydrogen) atoms. The van der Waals surface area contributed by atoms with Crippen LogP contribution in [0.4, 0.5) is 0 Å². The lowest BCUT2D eigenvalue weighted by Gasteiger charge is -2.23. The molecule has 0 unspecified atom stereocenters. The van der Waals surface area contributed by atoms with Gasteiger partial charge in [0.2, 0.25) is 0 Å². The quantitative estimate of drug-likeness (QED) is 0.913. The van der Waals surface area contributed by atoms with Crippen molar-refractivity contribution in [3.63, 3.8) is 0 Å². The molecule has 1 aliphatic heterocycles. The van der Waals surface area contributed by atoms with Crippen LogP contribution in [0.3, 0.4) is 0 Å². The number of piperidine rings is 1. The van der Waals surface area contributed by atoms with Crippen molar-refractivity contribution in [2.45, 2.75) is 19.3 Å². The van der Waals surface area contributed by atoms with Gasteiger partial charge in [0.25, 0.3) is 0 Å². The van der Waals surface area contributed by atoms with Crippen LogP contribution in [0, 0.1) is 5.92 Å². The number of rotatable bonds is 3. The average Bonchev–Trinajstić information content (AvgIpc) is 2.82. The molecule has 2 heterocycles. The van der Waals surface area contributed by atoms with Gasteiger partial charge >= 0.3 is 0 Å². The van der Waals surface area contributed by atoms with Crippen molar-refractivity contribution < 1.29 is 0 Å². The van der Waals surface area contributed by atoms with E-state index in [0.29, 0.717) is 0 Å². The van der Waals surface area contributed by atoms with Gasteiger partial charge in [0, 0.05) is 18.3 Å².